The first-order chi connectivity index (χ1) is 8.63. The predicted molar refractivity (Wildman–Crippen MR) is 69.5 cm³/mol. The maximum atomic E-state index is 6.04. The summed E-state index contributed by atoms with van der Waals surface area (Å²) in [6.07, 6.45) is 4.20. The Morgan fingerprint density at radius 2 is 2.28 bits per heavy atom. The zero-order chi connectivity index (χ0) is 13.1. The Bertz CT molecular complexity index is 554. The van der Waals surface area contributed by atoms with Crippen LogP contribution in [0, 0.1) is 0 Å². The second kappa shape index (κ2) is 5.22. The van der Waals surface area contributed by atoms with Crippen LogP contribution in [0.2, 0.25) is 5.02 Å². The number of nitrogens with zero attached hydrogens (tertiary/aromatic N) is 4. The van der Waals surface area contributed by atoms with Crippen molar-refractivity contribution in [3.8, 4) is 6.01 Å². The molecule has 1 N–H and O–H groups in total. The normalized spacial score (nSPS) is 10.4. The first-order valence-corrected chi connectivity index (χ1v) is 5.88. The highest BCUT2D eigenvalue weighted by Crippen LogP contribution is 2.25. The molecule has 2 heterocycles. The number of halogens is 1. The molecule has 0 spiro atoms. The molecule has 7 heteroatoms. The van der Waals surface area contributed by atoms with Gasteiger partial charge in [-0.05, 0) is 6.42 Å². The first kappa shape index (κ1) is 12.6. The molecule has 0 unspecified atom stereocenters. The van der Waals surface area contributed by atoms with Gasteiger partial charge in [-0.15, -0.1) is 0 Å². The van der Waals surface area contributed by atoms with Crippen LogP contribution in [0.25, 0.3) is 0 Å². The van der Waals surface area contributed by atoms with E-state index < -0.39 is 0 Å². The zero-order valence-electron chi connectivity index (χ0n) is 10.4. The monoisotopic (exact) mass is 267 g/mol. The van der Waals surface area contributed by atoms with Crippen LogP contribution in [0.3, 0.4) is 0 Å². The van der Waals surface area contributed by atoms with Crippen LogP contribution in [0.4, 0.5) is 11.5 Å². The van der Waals surface area contributed by atoms with E-state index in [9.17, 15) is 0 Å². The van der Waals surface area contributed by atoms with Crippen molar-refractivity contribution in [2.75, 3.05) is 12.4 Å². The maximum Gasteiger partial charge on any atom is 0.318 e. The van der Waals surface area contributed by atoms with Crippen molar-refractivity contribution in [2.24, 2.45) is 7.05 Å². The minimum absolute atomic E-state index is 0.267. The summed E-state index contributed by atoms with van der Waals surface area (Å²) in [5.74, 6) is 0.506. The van der Waals surface area contributed by atoms with Gasteiger partial charge in [0.1, 0.15) is 5.02 Å². The van der Waals surface area contributed by atoms with Gasteiger partial charge >= 0.3 is 6.01 Å². The highest BCUT2D eigenvalue weighted by molar-refractivity contribution is 6.32. The maximum absolute atomic E-state index is 6.04. The summed E-state index contributed by atoms with van der Waals surface area (Å²) in [6, 6.07) is 0.267. The minimum Gasteiger partial charge on any atom is -0.467 e. The standard InChI is InChI=1S/C11H14ClN5O/c1-4-8-9(6-17(2)16-8)14-10-7(12)5-13-11(15-10)18-3/h5-6H,4H2,1-3H3,(H,13,14,15). The van der Waals surface area contributed by atoms with Gasteiger partial charge in [-0.2, -0.15) is 10.1 Å². The van der Waals surface area contributed by atoms with Gasteiger partial charge in [0.15, 0.2) is 5.82 Å². The van der Waals surface area contributed by atoms with Crippen molar-refractivity contribution in [3.05, 3.63) is 23.1 Å². The number of rotatable bonds is 4. The molecule has 2 aromatic heterocycles. The van der Waals surface area contributed by atoms with E-state index in [1.807, 2.05) is 20.2 Å². The molecule has 2 aromatic rings. The molecule has 0 amide bonds. The van der Waals surface area contributed by atoms with E-state index in [1.165, 1.54) is 13.3 Å². The van der Waals surface area contributed by atoms with Crippen molar-refractivity contribution >= 4 is 23.1 Å². The molecule has 0 aromatic carbocycles. The van der Waals surface area contributed by atoms with Crippen molar-refractivity contribution in [3.63, 3.8) is 0 Å². The number of methoxy groups -OCH3 is 1. The van der Waals surface area contributed by atoms with E-state index in [4.69, 9.17) is 16.3 Å². The molecule has 0 fully saturated rings. The highest BCUT2D eigenvalue weighted by Gasteiger charge is 2.10. The molecule has 6 nitrogen and oxygen atoms in total. The molecule has 0 bridgehead atoms. The third-order valence-corrected chi connectivity index (χ3v) is 2.67. The van der Waals surface area contributed by atoms with E-state index in [-0.39, 0.29) is 6.01 Å². The van der Waals surface area contributed by atoms with Gasteiger partial charge < -0.3 is 10.1 Å². The Hall–Kier alpha value is -1.82. The van der Waals surface area contributed by atoms with Crippen LogP contribution in [-0.4, -0.2) is 26.9 Å². The molecule has 0 aliphatic heterocycles. The number of ether oxygens (including phenoxy) is 1. The number of anilines is 2. The molecular formula is C11H14ClN5O. The third kappa shape index (κ3) is 2.53. The fourth-order valence-corrected chi connectivity index (χ4v) is 1.70. The Balaban J connectivity index is 2.32. The first-order valence-electron chi connectivity index (χ1n) is 5.50. The summed E-state index contributed by atoms with van der Waals surface area (Å²) in [5.41, 5.74) is 1.83. The molecule has 96 valence electrons. The van der Waals surface area contributed by atoms with Crippen molar-refractivity contribution in [1.29, 1.82) is 0 Å². The van der Waals surface area contributed by atoms with E-state index in [0.29, 0.717) is 10.8 Å². The molecule has 0 aliphatic rings. The Morgan fingerprint density at radius 1 is 1.50 bits per heavy atom. The Kier molecular flexibility index (Phi) is 3.66. The van der Waals surface area contributed by atoms with E-state index in [0.717, 1.165) is 17.8 Å². The molecule has 0 atom stereocenters. The van der Waals surface area contributed by atoms with Crippen LogP contribution in [0.1, 0.15) is 12.6 Å². The topological polar surface area (TPSA) is 64.9 Å². The fourth-order valence-electron chi connectivity index (χ4n) is 1.56. The lowest BCUT2D eigenvalue weighted by molar-refractivity contribution is 0.380. The number of hydrogen-bond acceptors (Lipinski definition) is 5. The minimum atomic E-state index is 0.267. The van der Waals surface area contributed by atoms with Crippen molar-refractivity contribution in [2.45, 2.75) is 13.3 Å². The van der Waals surface area contributed by atoms with Crippen LogP contribution < -0.4 is 10.1 Å². The molecule has 0 radical (unpaired) electrons. The summed E-state index contributed by atoms with van der Waals surface area (Å²) in [6.45, 7) is 2.04. The van der Waals surface area contributed by atoms with Gasteiger partial charge in [-0.1, -0.05) is 18.5 Å². The molecule has 2 rings (SSSR count). The van der Waals surface area contributed by atoms with Crippen LogP contribution >= 0.6 is 11.6 Å². The summed E-state index contributed by atoms with van der Waals surface area (Å²) < 4.78 is 6.71. The third-order valence-electron chi connectivity index (χ3n) is 2.40. The Labute approximate surface area is 110 Å². The second-order valence-electron chi connectivity index (χ2n) is 3.69. The van der Waals surface area contributed by atoms with Gasteiger partial charge in [0.05, 0.1) is 24.7 Å². The van der Waals surface area contributed by atoms with Gasteiger partial charge in [-0.25, -0.2) is 4.98 Å². The van der Waals surface area contributed by atoms with Crippen LogP contribution in [0.5, 0.6) is 6.01 Å². The molecule has 0 aliphatic carbocycles. The van der Waals surface area contributed by atoms with Gasteiger partial charge in [0.25, 0.3) is 0 Å². The molecule has 0 saturated carbocycles. The summed E-state index contributed by atoms with van der Waals surface area (Å²) in [7, 11) is 3.38. The van der Waals surface area contributed by atoms with Crippen molar-refractivity contribution < 1.29 is 4.74 Å². The van der Waals surface area contributed by atoms with E-state index >= 15 is 0 Å². The average Bonchev–Trinajstić information content (AvgIpc) is 2.72. The summed E-state index contributed by atoms with van der Waals surface area (Å²) in [4.78, 5) is 8.08. The fraction of sp³-hybridized carbons (Fsp3) is 0.364. The summed E-state index contributed by atoms with van der Waals surface area (Å²) >= 11 is 6.04. The number of hydrogen-bond donors (Lipinski definition) is 1. The lowest BCUT2D eigenvalue weighted by atomic mass is 10.3. The van der Waals surface area contributed by atoms with E-state index in [1.54, 1.807) is 4.68 Å². The largest absolute Gasteiger partial charge is 0.467 e. The van der Waals surface area contributed by atoms with Gasteiger partial charge in [0.2, 0.25) is 0 Å². The zero-order valence-corrected chi connectivity index (χ0v) is 11.2. The van der Waals surface area contributed by atoms with Crippen LogP contribution in [0.15, 0.2) is 12.4 Å². The number of nitrogens with one attached hydrogen (secondary N) is 1. The Morgan fingerprint density at radius 3 is 2.94 bits per heavy atom. The summed E-state index contributed by atoms with van der Waals surface area (Å²) in [5, 5.41) is 7.91. The van der Waals surface area contributed by atoms with Gasteiger partial charge in [-0.3, -0.25) is 4.68 Å². The molecular weight excluding hydrogens is 254 g/mol. The van der Waals surface area contributed by atoms with E-state index in [2.05, 4.69) is 20.4 Å². The average molecular weight is 268 g/mol. The second-order valence-corrected chi connectivity index (χ2v) is 4.10. The lowest BCUT2D eigenvalue weighted by Crippen LogP contribution is -1.99. The number of aromatic nitrogens is 4. The van der Waals surface area contributed by atoms with Crippen molar-refractivity contribution in [1.82, 2.24) is 19.7 Å². The molecule has 0 saturated heterocycles. The predicted octanol–water partition coefficient (Wildman–Crippen LogP) is 2.18. The lowest BCUT2D eigenvalue weighted by Gasteiger charge is -2.07. The highest BCUT2D eigenvalue weighted by atomic mass is 35.5. The van der Waals surface area contributed by atoms with Gasteiger partial charge in [0, 0.05) is 13.2 Å². The smallest absolute Gasteiger partial charge is 0.318 e. The quantitative estimate of drug-likeness (QED) is 0.920. The molecule has 18 heavy (non-hydrogen) atoms. The number of aryl methyl sites for hydroxylation is 2. The SMILES string of the molecule is CCc1nn(C)cc1Nc1nc(OC)ncc1Cl. The van der Waals surface area contributed by atoms with Crippen LogP contribution in [-0.2, 0) is 13.5 Å².